The predicted octanol–water partition coefficient (Wildman–Crippen LogP) is 0.267. The highest BCUT2D eigenvalue weighted by atomic mass is 32.2. The molecule has 0 aliphatic rings. The van der Waals surface area contributed by atoms with Gasteiger partial charge in [0.25, 0.3) is 5.56 Å². The minimum atomic E-state index is -0.569. The van der Waals surface area contributed by atoms with Crippen molar-refractivity contribution in [1.29, 1.82) is 0 Å². The van der Waals surface area contributed by atoms with Gasteiger partial charge >= 0.3 is 5.97 Å². The van der Waals surface area contributed by atoms with Crippen molar-refractivity contribution in [2.45, 2.75) is 10.2 Å². The van der Waals surface area contributed by atoms with Crippen LogP contribution in [0.25, 0.3) is 0 Å². The van der Waals surface area contributed by atoms with Crippen LogP contribution < -0.4 is 17.0 Å². The first-order chi connectivity index (χ1) is 9.49. The summed E-state index contributed by atoms with van der Waals surface area (Å²) in [5, 5.41) is 0.691. The average Bonchev–Trinajstić information content (AvgIpc) is 2.39. The number of methoxy groups -OCH3 is 1. The molecule has 20 heavy (non-hydrogen) atoms. The van der Waals surface area contributed by atoms with Gasteiger partial charge in [0.2, 0.25) is 0 Å². The number of esters is 1. The first-order valence-electron chi connectivity index (χ1n) is 5.38. The number of hydrogen-bond acceptors (Lipinski definition) is 8. The second kappa shape index (κ2) is 5.61. The summed E-state index contributed by atoms with van der Waals surface area (Å²) in [5.74, 6) is -0.472. The summed E-state index contributed by atoms with van der Waals surface area (Å²) in [6.07, 6.45) is 1.33. The Morgan fingerprint density at radius 1 is 1.40 bits per heavy atom. The van der Waals surface area contributed by atoms with E-state index in [1.165, 1.54) is 25.4 Å². The number of rotatable bonds is 3. The quantitative estimate of drug-likeness (QED) is 0.541. The van der Waals surface area contributed by atoms with Crippen LogP contribution in [0, 0.1) is 0 Å². The first-order valence-corrected chi connectivity index (χ1v) is 6.20. The Morgan fingerprint density at radius 3 is 2.80 bits per heavy atom. The molecule has 0 amide bonds. The molecule has 0 saturated carbocycles. The third-order valence-electron chi connectivity index (χ3n) is 2.26. The van der Waals surface area contributed by atoms with Crippen molar-refractivity contribution in [3.05, 3.63) is 34.2 Å². The van der Waals surface area contributed by atoms with Gasteiger partial charge in [-0.05, 0) is 17.8 Å². The van der Waals surface area contributed by atoms with Crippen molar-refractivity contribution in [3.8, 4) is 0 Å². The largest absolute Gasteiger partial charge is 0.465 e. The lowest BCUT2D eigenvalue weighted by Gasteiger charge is -2.05. The van der Waals surface area contributed by atoms with E-state index in [2.05, 4.69) is 19.7 Å². The molecule has 2 rings (SSSR count). The number of nitrogens with two attached hydrogens (primary N) is 2. The lowest BCUT2D eigenvalue weighted by Crippen LogP contribution is -2.10. The lowest BCUT2D eigenvalue weighted by molar-refractivity contribution is 0.0601. The van der Waals surface area contributed by atoms with Crippen LogP contribution in [0.15, 0.2) is 33.3 Å². The van der Waals surface area contributed by atoms with Crippen LogP contribution >= 0.6 is 11.8 Å². The fourth-order valence-corrected chi connectivity index (χ4v) is 2.17. The van der Waals surface area contributed by atoms with Gasteiger partial charge < -0.3 is 21.2 Å². The number of aromatic amines is 1. The van der Waals surface area contributed by atoms with Crippen LogP contribution in [0.2, 0.25) is 0 Å². The van der Waals surface area contributed by atoms with Crippen molar-refractivity contribution in [2.24, 2.45) is 0 Å². The Morgan fingerprint density at radius 2 is 2.15 bits per heavy atom. The third kappa shape index (κ3) is 3.06. The Hall–Kier alpha value is -2.55. The van der Waals surface area contributed by atoms with Crippen molar-refractivity contribution in [1.82, 2.24) is 15.0 Å². The van der Waals surface area contributed by atoms with E-state index in [-0.39, 0.29) is 27.8 Å². The molecule has 0 aliphatic carbocycles. The normalized spacial score (nSPS) is 10.2. The summed E-state index contributed by atoms with van der Waals surface area (Å²) in [5.41, 5.74) is 11.1. The number of nitrogen functional groups attached to an aromatic ring is 2. The van der Waals surface area contributed by atoms with E-state index >= 15 is 0 Å². The maximum absolute atomic E-state index is 11.5. The van der Waals surface area contributed by atoms with Crippen LogP contribution in [0.5, 0.6) is 0 Å². The Kier molecular flexibility index (Phi) is 3.89. The standard InChI is InChI=1S/C11H11N5O3S/c1-19-10(18)5-2-9(14-4-6(5)12)20-11-15-7(13)3-8(17)16-11/h2-4H,12H2,1H3,(H3,13,15,16,17). The van der Waals surface area contributed by atoms with E-state index in [1.807, 2.05) is 0 Å². The Balaban J connectivity index is 2.34. The van der Waals surface area contributed by atoms with Gasteiger partial charge in [-0.25, -0.2) is 14.8 Å². The van der Waals surface area contributed by atoms with E-state index in [0.29, 0.717) is 5.03 Å². The van der Waals surface area contributed by atoms with Gasteiger partial charge in [-0.3, -0.25) is 4.79 Å². The predicted molar refractivity (Wildman–Crippen MR) is 73.4 cm³/mol. The van der Waals surface area contributed by atoms with E-state index in [4.69, 9.17) is 11.5 Å². The second-order valence-corrected chi connectivity index (χ2v) is 4.69. The maximum atomic E-state index is 11.5. The van der Waals surface area contributed by atoms with Crippen LogP contribution in [-0.4, -0.2) is 28.0 Å². The molecule has 0 atom stereocenters. The highest BCUT2D eigenvalue weighted by Gasteiger charge is 2.13. The zero-order valence-electron chi connectivity index (χ0n) is 10.4. The SMILES string of the molecule is COC(=O)c1cc(Sc2nc(N)cc(=O)[nH]2)ncc1N. The number of hydrogen-bond donors (Lipinski definition) is 3. The molecule has 0 fully saturated rings. The zero-order valence-corrected chi connectivity index (χ0v) is 11.2. The fourth-order valence-electron chi connectivity index (χ4n) is 1.39. The molecule has 104 valence electrons. The first kappa shape index (κ1) is 13.9. The van der Waals surface area contributed by atoms with Crippen LogP contribution in [0.4, 0.5) is 11.5 Å². The number of carbonyl (C=O) groups is 1. The topological polar surface area (TPSA) is 137 Å². The smallest absolute Gasteiger partial charge is 0.340 e. The van der Waals surface area contributed by atoms with Gasteiger partial charge in [0.1, 0.15) is 10.8 Å². The molecule has 2 heterocycles. The number of nitrogens with one attached hydrogen (secondary N) is 1. The molecule has 0 bridgehead atoms. The molecule has 8 nitrogen and oxygen atoms in total. The summed E-state index contributed by atoms with van der Waals surface area (Å²) in [7, 11) is 1.26. The summed E-state index contributed by atoms with van der Waals surface area (Å²) in [6, 6.07) is 2.62. The molecule has 0 saturated heterocycles. The highest BCUT2D eigenvalue weighted by Crippen LogP contribution is 2.25. The molecule has 0 aliphatic heterocycles. The summed E-state index contributed by atoms with van der Waals surface area (Å²) >= 11 is 1.05. The van der Waals surface area contributed by atoms with Crippen molar-refractivity contribution < 1.29 is 9.53 Å². The molecule has 9 heteroatoms. The molecular formula is C11H11N5O3S. The van der Waals surface area contributed by atoms with Crippen LogP contribution in [0.3, 0.4) is 0 Å². The Labute approximate surface area is 117 Å². The number of aromatic nitrogens is 3. The minimum absolute atomic E-state index is 0.0971. The van der Waals surface area contributed by atoms with Gasteiger partial charge in [-0.1, -0.05) is 0 Å². The average molecular weight is 293 g/mol. The lowest BCUT2D eigenvalue weighted by atomic mass is 10.2. The second-order valence-electron chi connectivity index (χ2n) is 3.68. The van der Waals surface area contributed by atoms with Gasteiger partial charge in [0, 0.05) is 6.07 Å². The monoisotopic (exact) mass is 293 g/mol. The van der Waals surface area contributed by atoms with Crippen molar-refractivity contribution in [3.63, 3.8) is 0 Å². The number of pyridine rings is 1. The van der Waals surface area contributed by atoms with E-state index < -0.39 is 5.97 Å². The van der Waals surface area contributed by atoms with Crippen molar-refractivity contribution in [2.75, 3.05) is 18.6 Å². The van der Waals surface area contributed by atoms with Gasteiger partial charge in [-0.2, -0.15) is 0 Å². The third-order valence-corrected chi connectivity index (χ3v) is 3.08. The van der Waals surface area contributed by atoms with Crippen molar-refractivity contribution >= 4 is 29.2 Å². The summed E-state index contributed by atoms with van der Waals surface area (Å²) in [6.45, 7) is 0. The summed E-state index contributed by atoms with van der Waals surface area (Å²) < 4.78 is 4.61. The number of nitrogens with zero attached hydrogens (tertiary/aromatic N) is 2. The Bertz CT molecular complexity index is 715. The zero-order chi connectivity index (χ0) is 14.7. The number of anilines is 2. The molecule has 2 aromatic rings. The molecule has 0 unspecified atom stereocenters. The fraction of sp³-hybridized carbons (Fsp3) is 0.0909. The molecule has 2 aromatic heterocycles. The van der Waals surface area contributed by atoms with Gasteiger partial charge in [-0.15, -0.1) is 0 Å². The highest BCUT2D eigenvalue weighted by molar-refractivity contribution is 7.99. The molecular weight excluding hydrogens is 282 g/mol. The van der Waals surface area contributed by atoms with E-state index in [9.17, 15) is 9.59 Å². The minimum Gasteiger partial charge on any atom is -0.465 e. The van der Waals surface area contributed by atoms with E-state index in [1.54, 1.807) is 0 Å². The number of ether oxygens (including phenoxy) is 1. The molecule has 0 aromatic carbocycles. The van der Waals surface area contributed by atoms with Gasteiger partial charge in [0.15, 0.2) is 5.16 Å². The molecule has 0 spiro atoms. The summed E-state index contributed by atoms with van der Waals surface area (Å²) in [4.78, 5) is 33.3. The van der Waals surface area contributed by atoms with Crippen LogP contribution in [0.1, 0.15) is 10.4 Å². The number of carbonyl (C=O) groups excluding carboxylic acids is 1. The maximum Gasteiger partial charge on any atom is 0.340 e. The van der Waals surface area contributed by atoms with Gasteiger partial charge in [0.05, 0.1) is 24.6 Å². The van der Waals surface area contributed by atoms with E-state index in [0.717, 1.165) is 11.8 Å². The molecule has 0 radical (unpaired) electrons. The van der Waals surface area contributed by atoms with Crippen LogP contribution in [-0.2, 0) is 4.74 Å². The molecule has 5 N–H and O–H groups in total. The number of H-pyrrole nitrogens is 1.